The summed E-state index contributed by atoms with van der Waals surface area (Å²) in [5.41, 5.74) is 0.628. The third kappa shape index (κ3) is 4.61. The fourth-order valence-corrected chi connectivity index (χ4v) is 2.00. The number of benzene rings is 2. The Hall–Kier alpha value is -3.26. The second-order valence-corrected chi connectivity index (χ2v) is 5.17. The first-order chi connectivity index (χ1) is 11.9. The Bertz CT molecular complexity index is 788. The van der Waals surface area contributed by atoms with Gasteiger partial charge >= 0.3 is 5.97 Å². The van der Waals surface area contributed by atoms with Gasteiger partial charge in [0.05, 0.1) is 17.1 Å². The quantitative estimate of drug-likeness (QED) is 0.471. The minimum atomic E-state index is -1.15. The normalized spacial score (nSPS) is 11.4. The van der Waals surface area contributed by atoms with Gasteiger partial charge in [-0.25, -0.2) is 4.79 Å². The van der Waals surface area contributed by atoms with Gasteiger partial charge in [-0.15, -0.1) is 0 Å². The summed E-state index contributed by atoms with van der Waals surface area (Å²) in [6, 6.07) is 11.7. The number of amides is 1. The van der Waals surface area contributed by atoms with Gasteiger partial charge in [-0.1, -0.05) is 24.3 Å². The molecule has 0 aromatic heterocycles. The van der Waals surface area contributed by atoms with Crippen LogP contribution in [-0.2, 0) is 16.1 Å². The summed E-state index contributed by atoms with van der Waals surface area (Å²) in [6.45, 7) is 1.22. The second kappa shape index (κ2) is 8.02. The Kier molecular flexibility index (Phi) is 5.80. The van der Waals surface area contributed by atoms with E-state index in [0.29, 0.717) is 5.56 Å². The second-order valence-electron chi connectivity index (χ2n) is 5.17. The van der Waals surface area contributed by atoms with Gasteiger partial charge in [-0.3, -0.25) is 14.9 Å². The molecule has 2 rings (SSSR count). The van der Waals surface area contributed by atoms with Crippen LogP contribution in [-0.4, -0.2) is 28.0 Å². The van der Waals surface area contributed by atoms with Gasteiger partial charge < -0.3 is 15.2 Å². The molecule has 2 N–H and O–H groups in total. The van der Waals surface area contributed by atoms with Crippen LogP contribution in [0.3, 0.4) is 0 Å². The summed E-state index contributed by atoms with van der Waals surface area (Å²) < 4.78 is 5.06. The summed E-state index contributed by atoms with van der Waals surface area (Å²) in [5.74, 6) is -1.40. The molecule has 0 saturated heterocycles. The van der Waals surface area contributed by atoms with Gasteiger partial charge in [-0.2, -0.15) is 0 Å². The van der Waals surface area contributed by atoms with E-state index in [1.54, 1.807) is 18.2 Å². The molecule has 130 valence electrons. The van der Waals surface area contributed by atoms with Gasteiger partial charge in [0.15, 0.2) is 6.10 Å². The van der Waals surface area contributed by atoms with Gasteiger partial charge in [0, 0.05) is 6.07 Å². The average molecular weight is 344 g/mol. The van der Waals surface area contributed by atoms with Crippen molar-refractivity contribution < 1.29 is 24.4 Å². The Balaban J connectivity index is 2.02. The molecule has 0 spiro atoms. The number of nitro benzene ring substituents is 1. The third-order valence-electron chi connectivity index (χ3n) is 3.38. The fraction of sp³-hybridized carbons (Fsp3) is 0.176. The number of nitrogens with zero attached hydrogens (tertiary/aromatic N) is 1. The number of anilines is 1. The minimum Gasteiger partial charge on any atom is -0.449 e. The number of nitro groups is 1. The number of aliphatic hydroxyl groups excluding tert-OH is 1. The summed E-state index contributed by atoms with van der Waals surface area (Å²) in [5, 5.41) is 22.3. The van der Waals surface area contributed by atoms with E-state index in [4.69, 9.17) is 9.84 Å². The predicted molar refractivity (Wildman–Crippen MR) is 89.0 cm³/mol. The van der Waals surface area contributed by atoms with E-state index in [2.05, 4.69) is 5.32 Å². The van der Waals surface area contributed by atoms with E-state index >= 15 is 0 Å². The van der Waals surface area contributed by atoms with Crippen molar-refractivity contribution in [3.8, 4) is 0 Å². The molecule has 0 saturated carbocycles. The molecular formula is C17H16N2O6. The van der Waals surface area contributed by atoms with Crippen molar-refractivity contribution >= 4 is 23.3 Å². The smallest absolute Gasteiger partial charge is 0.338 e. The van der Waals surface area contributed by atoms with Crippen molar-refractivity contribution in [2.75, 3.05) is 5.32 Å². The first-order valence-electron chi connectivity index (χ1n) is 7.37. The zero-order valence-electron chi connectivity index (χ0n) is 13.3. The van der Waals surface area contributed by atoms with Crippen LogP contribution < -0.4 is 5.32 Å². The first-order valence-corrected chi connectivity index (χ1v) is 7.37. The lowest BCUT2D eigenvalue weighted by Crippen LogP contribution is -2.30. The van der Waals surface area contributed by atoms with Crippen LogP contribution >= 0.6 is 0 Å². The lowest BCUT2D eigenvalue weighted by atomic mass is 10.1. The van der Waals surface area contributed by atoms with Crippen molar-refractivity contribution in [1.82, 2.24) is 0 Å². The molecule has 0 bridgehead atoms. The molecule has 1 amide bonds. The predicted octanol–water partition coefficient (Wildman–Crippen LogP) is 2.27. The highest BCUT2D eigenvalue weighted by atomic mass is 16.6. The maximum Gasteiger partial charge on any atom is 0.338 e. The van der Waals surface area contributed by atoms with E-state index in [0.717, 1.165) is 0 Å². The number of ether oxygens (including phenoxy) is 1. The molecule has 0 aliphatic rings. The molecule has 2 aromatic rings. The van der Waals surface area contributed by atoms with Crippen molar-refractivity contribution in [2.24, 2.45) is 0 Å². The van der Waals surface area contributed by atoms with Gasteiger partial charge in [0.25, 0.3) is 11.6 Å². The van der Waals surface area contributed by atoms with Gasteiger partial charge in [0.1, 0.15) is 5.69 Å². The maximum atomic E-state index is 12.1. The summed E-state index contributed by atoms with van der Waals surface area (Å²) in [7, 11) is 0. The molecular weight excluding hydrogens is 328 g/mol. The number of carbonyl (C=O) groups is 2. The number of hydrogen-bond donors (Lipinski definition) is 2. The molecule has 8 heteroatoms. The SMILES string of the molecule is C[C@H](OC(=O)c1ccc(CO)cc1)C(=O)Nc1ccccc1[N+](=O)[O-]. The molecule has 0 radical (unpaired) electrons. The fourth-order valence-electron chi connectivity index (χ4n) is 2.00. The number of esters is 1. The minimum absolute atomic E-state index is 0.0210. The highest BCUT2D eigenvalue weighted by Gasteiger charge is 2.22. The third-order valence-corrected chi connectivity index (χ3v) is 3.38. The van der Waals surface area contributed by atoms with Crippen molar-refractivity contribution in [3.63, 3.8) is 0 Å². The van der Waals surface area contributed by atoms with Crippen LogP contribution in [0.5, 0.6) is 0 Å². The van der Waals surface area contributed by atoms with Crippen molar-refractivity contribution in [3.05, 3.63) is 69.8 Å². The van der Waals surface area contributed by atoms with Crippen LogP contribution in [0.1, 0.15) is 22.8 Å². The zero-order chi connectivity index (χ0) is 18.4. The zero-order valence-corrected chi connectivity index (χ0v) is 13.3. The van der Waals surface area contributed by atoms with Crippen molar-refractivity contribution in [2.45, 2.75) is 19.6 Å². The Morgan fingerprint density at radius 2 is 1.84 bits per heavy atom. The van der Waals surface area contributed by atoms with E-state index in [1.165, 1.54) is 37.3 Å². The average Bonchev–Trinajstić information content (AvgIpc) is 2.61. The first kappa shape index (κ1) is 18.1. The van der Waals surface area contributed by atoms with Gasteiger partial charge in [-0.05, 0) is 30.7 Å². The Labute approximate surface area is 143 Å². The standard InChI is InChI=1S/C17H16N2O6/c1-11(25-17(22)13-8-6-12(10-20)7-9-13)16(21)18-14-4-2-3-5-15(14)19(23)24/h2-9,11,20H,10H2,1H3,(H,18,21)/t11-/m0/s1. The Morgan fingerprint density at radius 3 is 2.44 bits per heavy atom. The highest BCUT2D eigenvalue weighted by Crippen LogP contribution is 2.23. The van der Waals surface area contributed by atoms with Crippen LogP contribution in [0.25, 0.3) is 0 Å². The molecule has 1 atom stereocenters. The Morgan fingerprint density at radius 1 is 1.20 bits per heavy atom. The number of nitrogens with one attached hydrogen (secondary N) is 1. The summed E-state index contributed by atoms with van der Waals surface area (Å²) in [4.78, 5) is 34.4. The van der Waals surface area contributed by atoms with E-state index < -0.39 is 22.9 Å². The summed E-state index contributed by atoms with van der Waals surface area (Å²) in [6.07, 6.45) is -1.15. The van der Waals surface area contributed by atoms with Crippen LogP contribution in [0.4, 0.5) is 11.4 Å². The number of aliphatic hydroxyl groups is 1. The molecule has 8 nitrogen and oxygen atoms in total. The van der Waals surface area contributed by atoms with Crippen LogP contribution in [0.15, 0.2) is 48.5 Å². The van der Waals surface area contributed by atoms with Crippen LogP contribution in [0, 0.1) is 10.1 Å². The molecule has 25 heavy (non-hydrogen) atoms. The number of hydrogen-bond acceptors (Lipinski definition) is 6. The van der Waals surface area contributed by atoms with Crippen LogP contribution in [0.2, 0.25) is 0 Å². The summed E-state index contributed by atoms with van der Waals surface area (Å²) >= 11 is 0. The van der Waals surface area contributed by atoms with E-state index in [9.17, 15) is 19.7 Å². The molecule has 0 unspecified atom stereocenters. The van der Waals surface area contributed by atoms with E-state index in [-0.39, 0.29) is 23.5 Å². The lowest BCUT2D eigenvalue weighted by molar-refractivity contribution is -0.383. The molecule has 0 fully saturated rings. The van der Waals surface area contributed by atoms with E-state index in [1.807, 2.05) is 0 Å². The molecule has 2 aromatic carbocycles. The molecule has 0 heterocycles. The largest absolute Gasteiger partial charge is 0.449 e. The number of carbonyl (C=O) groups excluding carboxylic acids is 2. The number of rotatable bonds is 6. The molecule has 0 aliphatic carbocycles. The maximum absolute atomic E-state index is 12.1. The monoisotopic (exact) mass is 344 g/mol. The lowest BCUT2D eigenvalue weighted by Gasteiger charge is -2.13. The highest BCUT2D eigenvalue weighted by molar-refractivity contribution is 5.98. The van der Waals surface area contributed by atoms with Crippen molar-refractivity contribution in [1.29, 1.82) is 0 Å². The molecule has 0 aliphatic heterocycles. The van der Waals surface area contributed by atoms with Gasteiger partial charge in [0.2, 0.25) is 0 Å². The number of para-hydroxylation sites is 2. The topological polar surface area (TPSA) is 119 Å².